The maximum atomic E-state index is 6.06. The zero-order valence-corrected chi connectivity index (χ0v) is 15.8. The van der Waals surface area contributed by atoms with E-state index in [1.54, 1.807) is 0 Å². The molecule has 4 heteroatoms. The molecule has 0 atom stereocenters. The summed E-state index contributed by atoms with van der Waals surface area (Å²) < 4.78 is 4.83. The van der Waals surface area contributed by atoms with Gasteiger partial charge in [0.2, 0.25) is 0 Å². The van der Waals surface area contributed by atoms with Crippen molar-refractivity contribution in [3.8, 4) is 16.9 Å². The molecular formula is C20H20BrClN2. The second-order valence-corrected chi connectivity index (χ2v) is 6.54. The van der Waals surface area contributed by atoms with Crippen molar-refractivity contribution >= 4 is 11.6 Å². The highest BCUT2D eigenvalue weighted by Crippen LogP contribution is 2.24. The molecule has 0 amide bonds. The summed E-state index contributed by atoms with van der Waals surface area (Å²) in [4.78, 5) is 0. The number of rotatable bonds is 2. The summed E-state index contributed by atoms with van der Waals surface area (Å²) in [6, 6.07) is 18.8. The first-order chi connectivity index (χ1) is 11.3. The molecule has 0 saturated carbocycles. The van der Waals surface area contributed by atoms with Gasteiger partial charge in [-0.25, -0.2) is 4.57 Å². The van der Waals surface area contributed by atoms with Crippen LogP contribution in [0.15, 0.2) is 60.8 Å². The molecule has 0 aliphatic carbocycles. The standard InChI is InChI=1S/C20H20ClN2.BrH/c21-17-10-12-18(13-11-17)23-15-19(16-7-3-1-4-8-16)22-14-6-2-5-9-20(22)23;/h1,3-4,7-8,10-13,15H,2,5-6,9,14H2;1H/q+1;/p-1. The molecule has 3 aromatic rings. The number of imidazole rings is 1. The van der Waals surface area contributed by atoms with Crippen molar-refractivity contribution in [2.24, 2.45) is 0 Å². The number of benzene rings is 2. The van der Waals surface area contributed by atoms with Gasteiger partial charge in [0.05, 0.1) is 6.54 Å². The second-order valence-electron chi connectivity index (χ2n) is 6.11. The average Bonchev–Trinajstić information content (AvgIpc) is 2.78. The van der Waals surface area contributed by atoms with Crippen molar-refractivity contribution in [1.82, 2.24) is 4.57 Å². The third kappa shape index (κ3) is 3.28. The molecule has 124 valence electrons. The molecule has 0 bridgehead atoms. The summed E-state index contributed by atoms with van der Waals surface area (Å²) in [6.45, 7) is 1.10. The highest BCUT2D eigenvalue weighted by atomic mass is 79.9. The van der Waals surface area contributed by atoms with Gasteiger partial charge in [-0.1, -0.05) is 41.9 Å². The van der Waals surface area contributed by atoms with Crippen LogP contribution in [0.4, 0.5) is 0 Å². The number of fused-ring (bicyclic) bond motifs is 1. The molecule has 2 aromatic carbocycles. The summed E-state index contributed by atoms with van der Waals surface area (Å²) in [5.41, 5.74) is 3.77. The van der Waals surface area contributed by atoms with Crippen molar-refractivity contribution < 1.29 is 21.5 Å². The van der Waals surface area contributed by atoms with E-state index in [0.29, 0.717) is 0 Å². The van der Waals surface area contributed by atoms with Crippen LogP contribution in [0.2, 0.25) is 5.02 Å². The topological polar surface area (TPSA) is 8.81 Å². The van der Waals surface area contributed by atoms with E-state index in [9.17, 15) is 0 Å². The average molecular weight is 404 g/mol. The van der Waals surface area contributed by atoms with Crippen LogP contribution in [-0.2, 0) is 13.0 Å². The minimum absolute atomic E-state index is 0. The monoisotopic (exact) mass is 402 g/mol. The first-order valence-electron chi connectivity index (χ1n) is 8.28. The Morgan fingerprint density at radius 3 is 2.38 bits per heavy atom. The fourth-order valence-electron chi connectivity index (χ4n) is 3.43. The van der Waals surface area contributed by atoms with E-state index in [0.717, 1.165) is 18.0 Å². The lowest BCUT2D eigenvalue weighted by atomic mass is 10.1. The Morgan fingerprint density at radius 2 is 1.62 bits per heavy atom. The SMILES string of the molecule is Clc1ccc(-n2cc(-c3ccccc3)[n+]3c2CCCCC3)cc1.[Br-]. The zero-order valence-electron chi connectivity index (χ0n) is 13.5. The van der Waals surface area contributed by atoms with E-state index in [1.807, 2.05) is 12.1 Å². The molecule has 2 heterocycles. The van der Waals surface area contributed by atoms with Crippen LogP contribution in [-0.4, -0.2) is 4.57 Å². The molecular weight excluding hydrogens is 384 g/mol. The van der Waals surface area contributed by atoms with Crippen LogP contribution in [0.25, 0.3) is 16.9 Å². The highest BCUT2D eigenvalue weighted by Gasteiger charge is 2.26. The van der Waals surface area contributed by atoms with Gasteiger partial charge in [0.1, 0.15) is 11.9 Å². The summed E-state index contributed by atoms with van der Waals surface area (Å²) in [7, 11) is 0. The van der Waals surface area contributed by atoms with Gasteiger partial charge in [0.25, 0.3) is 5.82 Å². The summed E-state index contributed by atoms with van der Waals surface area (Å²) >= 11 is 6.06. The maximum absolute atomic E-state index is 6.06. The van der Waals surface area contributed by atoms with Crippen LogP contribution < -0.4 is 21.5 Å². The van der Waals surface area contributed by atoms with Crippen LogP contribution in [0.1, 0.15) is 25.1 Å². The van der Waals surface area contributed by atoms with Gasteiger partial charge in [-0.05, 0) is 43.5 Å². The summed E-state index contributed by atoms with van der Waals surface area (Å²) in [6.07, 6.45) is 7.21. The zero-order chi connectivity index (χ0) is 15.6. The molecule has 0 N–H and O–H groups in total. The minimum atomic E-state index is 0. The third-order valence-corrected chi connectivity index (χ3v) is 4.84. The first-order valence-corrected chi connectivity index (χ1v) is 8.66. The molecule has 2 nitrogen and oxygen atoms in total. The summed E-state index contributed by atoms with van der Waals surface area (Å²) in [5.74, 6) is 1.39. The Hall–Kier alpha value is -1.58. The Balaban J connectivity index is 0.00000169. The predicted molar refractivity (Wildman–Crippen MR) is 94.0 cm³/mol. The second kappa shape index (κ2) is 7.54. The molecule has 0 unspecified atom stereocenters. The fourth-order valence-corrected chi connectivity index (χ4v) is 3.56. The number of hydrogen-bond acceptors (Lipinski definition) is 0. The smallest absolute Gasteiger partial charge is 0.262 e. The molecule has 0 saturated heterocycles. The van der Waals surface area contributed by atoms with Gasteiger partial charge in [0, 0.05) is 17.0 Å². The van der Waals surface area contributed by atoms with E-state index < -0.39 is 0 Å². The van der Waals surface area contributed by atoms with Crippen molar-refractivity contribution in [1.29, 1.82) is 0 Å². The van der Waals surface area contributed by atoms with Gasteiger partial charge < -0.3 is 17.0 Å². The molecule has 1 aliphatic rings. The van der Waals surface area contributed by atoms with Crippen LogP contribution in [0, 0.1) is 0 Å². The lowest BCUT2D eigenvalue weighted by Gasteiger charge is -2.03. The Kier molecular flexibility index (Phi) is 5.42. The number of halogens is 2. The van der Waals surface area contributed by atoms with Crippen molar-refractivity contribution in [2.45, 2.75) is 32.2 Å². The highest BCUT2D eigenvalue weighted by molar-refractivity contribution is 6.30. The number of aromatic nitrogens is 2. The predicted octanol–water partition coefficient (Wildman–Crippen LogP) is 1.82. The molecule has 1 aliphatic heterocycles. The minimum Gasteiger partial charge on any atom is -1.00 e. The normalized spacial score (nSPS) is 13.7. The van der Waals surface area contributed by atoms with Crippen molar-refractivity contribution in [2.75, 3.05) is 0 Å². The molecule has 0 fully saturated rings. The Labute approximate surface area is 158 Å². The van der Waals surface area contributed by atoms with E-state index in [1.165, 1.54) is 42.0 Å². The number of hydrogen-bond donors (Lipinski definition) is 0. The molecule has 4 rings (SSSR count). The van der Waals surface area contributed by atoms with Crippen LogP contribution in [0.5, 0.6) is 0 Å². The summed E-state index contributed by atoms with van der Waals surface area (Å²) in [5, 5.41) is 0.780. The van der Waals surface area contributed by atoms with E-state index in [2.05, 4.69) is 57.8 Å². The van der Waals surface area contributed by atoms with Crippen LogP contribution in [0.3, 0.4) is 0 Å². The molecule has 0 spiro atoms. The Bertz CT molecular complexity index is 810. The van der Waals surface area contributed by atoms with Gasteiger partial charge in [-0.3, -0.25) is 0 Å². The van der Waals surface area contributed by atoms with Crippen molar-refractivity contribution in [3.05, 3.63) is 71.6 Å². The molecule has 1 aromatic heterocycles. The van der Waals surface area contributed by atoms with Gasteiger partial charge in [0.15, 0.2) is 5.69 Å². The van der Waals surface area contributed by atoms with E-state index in [4.69, 9.17) is 11.6 Å². The molecule has 0 radical (unpaired) electrons. The number of nitrogens with zero attached hydrogens (tertiary/aromatic N) is 2. The van der Waals surface area contributed by atoms with E-state index >= 15 is 0 Å². The van der Waals surface area contributed by atoms with Gasteiger partial charge in [-0.15, -0.1) is 0 Å². The van der Waals surface area contributed by atoms with Gasteiger partial charge >= 0.3 is 0 Å². The molecule has 24 heavy (non-hydrogen) atoms. The van der Waals surface area contributed by atoms with Crippen LogP contribution >= 0.6 is 11.6 Å². The maximum Gasteiger partial charge on any atom is 0.262 e. The van der Waals surface area contributed by atoms with E-state index in [-0.39, 0.29) is 17.0 Å². The lowest BCUT2D eigenvalue weighted by molar-refractivity contribution is -0.692. The largest absolute Gasteiger partial charge is 1.00 e. The third-order valence-electron chi connectivity index (χ3n) is 4.59. The van der Waals surface area contributed by atoms with Crippen molar-refractivity contribution in [3.63, 3.8) is 0 Å². The Morgan fingerprint density at radius 1 is 0.875 bits per heavy atom. The first kappa shape index (κ1) is 17.2. The quantitative estimate of drug-likeness (QED) is 0.577. The van der Waals surface area contributed by atoms with Gasteiger partial charge in [-0.2, -0.15) is 4.57 Å². The fraction of sp³-hybridized carbons (Fsp3) is 0.250. The lowest BCUT2D eigenvalue weighted by Crippen LogP contribution is -3.00.